The monoisotopic (exact) mass is 244 g/mol. The number of benzene rings is 1. The second-order valence-electron chi connectivity index (χ2n) is 6.57. The number of hydrogen-bond acceptors (Lipinski definition) is 1. The van der Waals surface area contributed by atoms with E-state index in [2.05, 4.69) is 39.8 Å². The lowest BCUT2D eigenvalue weighted by Gasteiger charge is -2.32. The van der Waals surface area contributed by atoms with Crippen LogP contribution in [0.5, 0.6) is 0 Å². The molecule has 3 rings (SSSR count). The first-order chi connectivity index (χ1) is 8.38. The highest BCUT2D eigenvalue weighted by Gasteiger charge is 2.61. The van der Waals surface area contributed by atoms with Crippen LogP contribution in [0, 0.1) is 23.7 Å². The number of carbonyl (C=O) groups is 1. The average Bonchev–Trinajstić information content (AvgIpc) is 2.64. The Hall–Kier alpha value is -1.11. The molecule has 0 aliphatic heterocycles. The molecule has 1 nitrogen and oxygen atoms in total. The van der Waals surface area contributed by atoms with Crippen molar-refractivity contribution in [1.82, 2.24) is 0 Å². The van der Waals surface area contributed by atoms with E-state index in [1.165, 1.54) is 12.0 Å². The predicted octanol–water partition coefficient (Wildman–Crippen LogP) is 4.40. The van der Waals surface area contributed by atoms with Gasteiger partial charge in [0.1, 0.15) is 5.78 Å². The molecule has 0 aromatic heterocycles. The molecule has 0 radical (unpaired) electrons. The third kappa shape index (κ3) is 2.00. The van der Waals surface area contributed by atoms with Crippen molar-refractivity contribution in [3.8, 4) is 0 Å². The Kier molecular flexibility index (Phi) is 3.35. The molecule has 2 unspecified atom stereocenters. The minimum Gasteiger partial charge on any atom is -0.299 e. The van der Waals surface area contributed by atoms with Gasteiger partial charge in [-0.25, -0.2) is 0 Å². The summed E-state index contributed by atoms with van der Waals surface area (Å²) < 4.78 is 0. The summed E-state index contributed by atoms with van der Waals surface area (Å²) in [6, 6.07) is 10.3. The van der Waals surface area contributed by atoms with E-state index in [9.17, 15) is 4.79 Å². The van der Waals surface area contributed by atoms with Crippen LogP contribution in [0.2, 0.25) is 0 Å². The maximum Gasteiger partial charge on any atom is 0.139 e. The van der Waals surface area contributed by atoms with Gasteiger partial charge in [-0.15, -0.1) is 0 Å². The third-order valence-corrected chi connectivity index (χ3v) is 5.42. The van der Waals surface area contributed by atoms with E-state index in [-0.39, 0.29) is 10.8 Å². The highest BCUT2D eigenvalue weighted by molar-refractivity contribution is 5.89. The Bertz CT molecular complexity index is 432. The summed E-state index contributed by atoms with van der Waals surface area (Å²) in [5.74, 6) is 1.19. The molecule has 2 bridgehead atoms. The van der Waals surface area contributed by atoms with Gasteiger partial charge in [0.05, 0.1) is 0 Å². The lowest BCUT2D eigenvalue weighted by Crippen LogP contribution is -2.32. The molecule has 0 spiro atoms. The van der Waals surface area contributed by atoms with Gasteiger partial charge >= 0.3 is 0 Å². The molecule has 2 fully saturated rings. The van der Waals surface area contributed by atoms with Crippen LogP contribution in [0.1, 0.15) is 45.6 Å². The zero-order valence-electron chi connectivity index (χ0n) is 12.0. The standard InChI is InChI=1S/C10H16O.C7H8/c1-9(2)7-4-5-10(9,3)8(11)6-7;1-7-5-3-2-4-6-7/h7H,4-6H2,1-3H3;2-6H,1H3. The summed E-state index contributed by atoms with van der Waals surface area (Å²) in [7, 11) is 0. The van der Waals surface area contributed by atoms with Crippen LogP contribution in [0.25, 0.3) is 0 Å². The minimum absolute atomic E-state index is 0.0255. The van der Waals surface area contributed by atoms with E-state index in [0.29, 0.717) is 11.7 Å². The van der Waals surface area contributed by atoms with Crippen LogP contribution < -0.4 is 0 Å². The smallest absolute Gasteiger partial charge is 0.139 e. The molecular weight excluding hydrogens is 220 g/mol. The number of ketones is 1. The number of hydrogen-bond donors (Lipinski definition) is 0. The van der Waals surface area contributed by atoms with Crippen molar-refractivity contribution < 1.29 is 4.79 Å². The zero-order valence-corrected chi connectivity index (χ0v) is 12.0. The van der Waals surface area contributed by atoms with Crippen molar-refractivity contribution >= 4 is 5.78 Å². The SMILES string of the molecule is CC12CCC(CC1=O)C2(C)C.Cc1ccccc1. The van der Waals surface area contributed by atoms with Gasteiger partial charge in [0, 0.05) is 11.8 Å². The average molecular weight is 244 g/mol. The van der Waals surface area contributed by atoms with E-state index < -0.39 is 0 Å². The lowest BCUT2D eigenvalue weighted by molar-refractivity contribution is -0.128. The fraction of sp³-hybridized carbons (Fsp3) is 0.588. The van der Waals surface area contributed by atoms with Crippen molar-refractivity contribution in [1.29, 1.82) is 0 Å². The van der Waals surface area contributed by atoms with Crippen LogP contribution >= 0.6 is 0 Å². The summed E-state index contributed by atoms with van der Waals surface area (Å²) in [6.07, 6.45) is 3.25. The molecular formula is C17H24O. The third-order valence-electron chi connectivity index (χ3n) is 5.42. The molecule has 1 aromatic rings. The van der Waals surface area contributed by atoms with E-state index >= 15 is 0 Å². The van der Waals surface area contributed by atoms with Crippen molar-refractivity contribution in [2.24, 2.45) is 16.7 Å². The molecule has 2 aliphatic rings. The maximum atomic E-state index is 11.6. The quantitative estimate of drug-likeness (QED) is 0.661. The van der Waals surface area contributed by atoms with Gasteiger partial charge in [-0.2, -0.15) is 0 Å². The first-order valence-corrected chi connectivity index (χ1v) is 6.93. The van der Waals surface area contributed by atoms with Crippen molar-refractivity contribution in [3.63, 3.8) is 0 Å². The van der Waals surface area contributed by atoms with Crippen LogP contribution in [0.3, 0.4) is 0 Å². The first-order valence-electron chi connectivity index (χ1n) is 6.93. The number of rotatable bonds is 0. The van der Waals surface area contributed by atoms with Crippen LogP contribution in [0.15, 0.2) is 30.3 Å². The fourth-order valence-electron chi connectivity index (χ4n) is 3.44. The number of aryl methyl sites for hydroxylation is 1. The molecule has 0 saturated heterocycles. The van der Waals surface area contributed by atoms with Crippen molar-refractivity contribution in [3.05, 3.63) is 35.9 Å². The Morgan fingerprint density at radius 3 is 1.94 bits per heavy atom. The van der Waals surface area contributed by atoms with Gasteiger partial charge in [-0.3, -0.25) is 4.79 Å². The van der Waals surface area contributed by atoms with Crippen LogP contribution in [-0.4, -0.2) is 5.78 Å². The lowest BCUT2D eigenvalue weighted by atomic mass is 9.70. The summed E-state index contributed by atoms with van der Waals surface area (Å²) in [6.45, 7) is 8.76. The molecule has 98 valence electrons. The molecule has 0 amide bonds. The summed E-state index contributed by atoms with van der Waals surface area (Å²) in [4.78, 5) is 11.6. The highest BCUT2D eigenvalue weighted by atomic mass is 16.1. The highest BCUT2D eigenvalue weighted by Crippen LogP contribution is 2.63. The second-order valence-corrected chi connectivity index (χ2v) is 6.57. The minimum atomic E-state index is 0.0255. The second kappa shape index (κ2) is 4.53. The molecule has 2 saturated carbocycles. The Morgan fingerprint density at radius 1 is 1.11 bits per heavy atom. The number of carbonyl (C=O) groups excluding carboxylic acids is 1. The van der Waals surface area contributed by atoms with E-state index in [0.717, 1.165) is 12.8 Å². The van der Waals surface area contributed by atoms with Gasteiger partial charge in [-0.05, 0) is 31.1 Å². The topological polar surface area (TPSA) is 17.1 Å². The molecule has 18 heavy (non-hydrogen) atoms. The first kappa shape index (κ1) is 13.3. The summed E-state index contributed by atoms with van der Waals surface area (Å²) >= 11 is 0. The Morgan fingerprint density at radius 2 is 1.72 bits per heavy atom. The molecule has 2 aliphatic carbocycles. The summed E-state index contributed by atoms with van der Waals surface area (Å²) in [5, 5.41) is 0. The van der Waals surface area contributed by atoms with Gasteiger partial charge in [0.2, 0.25) is 0 Å². The van der Waals surface area contributed by atoms with Gasteiger partial charge in [0.25, 0.3) is 0 Å². The molecule has 1 aromatic carbocycles. The van der Waals surface area contributed by atoms with Crippen LogP contribution in [-0.2, 0) is 4.79 Å². The van der Waals surface area contributed by atoms with Gasteiger partial charge in [-0.1, -0.05) is 56.7 Å². The van der Waals surface area contributed by atoms with Gasteiger partial charge < -0.3 is 0 Å². The zero-order chi connectivity index (χ0) is 13.4. The fourth-order valence-corrected chi connectivity index (χ4v) is 3.44. The molecule has 0 heterocycles. The summed E-state index contributed by atoms with van der Waals surface area (Å²) in [5.41, 5.74) is 1.63. The van der Waals surface area contributed by atoms with Gasteiger partial charge in [0.15, 0.2) is 0 Å². The largest absolute Gasteiger partial charge is 0.299 e. The number of Topliss-reactive ketones (excluding diaryl/α,β-unsaturated/α-hetero) is 1. The molecule has 1 heteroatoms. The van der Waals surface area contributed by atoms with E-state index in [1.54, 1.807) is 0 Å². The Balaban J connectivity index is 0.000000149. The van der Waals surface area contributed by atoms with E-state index in [4.69, 9.17) is 0 Å². The normalized spacial score (nSPS) is 32.0. The molecule has 2 atom stereocenters. The predicted molar refractivity (Wildman–Crippen MR) is 75.4 cm³/mol. The van der Waals surface area contributed by atoms with Crippen LogP contribution in [0.4, 0.5) is 0 Å². The van der Waals surface area contributed by atoms with Crippen molar-refractivity contribution in [2.75, 3.05) is 0 Å². The maximum absolute atomic E-state index is 11.6. The van der Waals surface area contributed by atoms with Crippen molar-refractivity contribution in [2.45, 2.75) is 47.0 Å². The Labute approximate surface area is 111 Å². The molecule has 0 N–H and O–H groups in total. The number of fused-ring (bicyclic) bond motifs is 2. The van der Waals surface area contributed by atoms with E-state index in [1.807, 2.05) is 18.2 Å².